The lowest BCUT2D eigenvalue weighted by Gasteiger charge is -2.10. The van der Waals surface area contributed by atoms with Gasteiger partial charge in [-0.2, -0.15) is 0 Å². The minimum absolute atomic E-state index is 0.0672. The number of sulfone groups is 1. The summed E-state index contributed by atoms with van der Waals surface area (Å²) in [6.07, 6.45) is 0. The number of methoxy groups -OCH3 is 1. The third kappa shape index (κ3) is 2.69. The SMILES string of the molecule is COc1cc(I)c(S(=O)(=O)c2ccccc2)cc1O. The van der Waals surface area contributed by atoms with Gasteiger partial charge in [-0.3, -0.25) is 0 Å². The number of hydrogen-bond acceptors (Lipinski definition) is 4. The van der Waals surface area contributed by atoms with E-state index in [2.05, 4.69) is 0 Å². The molecule has 2 rings (SSSR count). The summed E-state index contributed by atoms with van der Waals surface area (Å²) in [5.74, 6) is 0.0498. The zero-order valence-corrected chi connectivity index (χ0v) is 13.0. The van der Waals surface area contributed by atoms with Crippen molar-refractivity contribution < 1.29 is 18.3 Å². The van der Waals surface area contributed by atoms with E-state index < -0.39 is 9.84 Å². The highest BCUT2D eigenvalue weighted by Gasteiger charge is 2.22. The van der Waals surface area contributed by atoms with Gasteiger partial charge in [0.1, 0.15) is 0 Å². The van der Waals surface area contributed by atoms with Crippen LogP contribution in [0.4, 0.5) is 0 Å². The van der Waals surface area contributed by atoms with Gasteiger partial charge in [0.05, 0.1) is 16.9 Å². The number of benzene rings is 2. The molecule has 0 atom stereocenters. The van der Waals surface area contributed by atoms with Crippen molar-refractivity contribution >= 4 is 32.4 Å². The summed E-state index contributed by atoms with van der Waals surface area (Å²) in [5.41, 5.74) is 0. The lowest BCUT2D eigenvalue weighted by atomic mass is 10.3. The molecule has 2 aromatic carbocycles. The molecule has 0 radical (unpaired) electrons. The maximum Gasteiger partial charge on any atom is 0.207 e. The van der Waals surface area contributed by atoms with E-state index in [1.165, 1.54) is 31.4 Å². The van der Waals surface area contributed by atoms with Crippen molar-refractivity contribution in [1.82, 2.24) is 0 Å². The fourth-order valence-corrected chi connectivity index (χ4v) is 4.28. The van der Waals surface area contributed by atoms with E-state index in [-0.39, 0.29) is 21.3 Å². The van der Waals surface area contributed by atoms with Gasteiger partial charge in [-0.1, -0.05) is 18.2 Å². The molecule has 19 heavy (non-hydrogen) atoms. The summed E-state index contributed by atoms with van der Waals surface area (Å²) >= 11 is 1.91. The Bertz CT molecular complexity index is 696. The van der Waals surface area contributed by atoms with E-state index in [9.17, 15) is 13.5 Å². The van der Waals surface area contributed by atoms with Gasteiger partial charge in [0.25, 0.3) is 0 Å². The number of hydrogen-bond donors (Lipinski definition) is 1. The van der Waals surface area contributed by atoms with Crippen LogP contribution in [0.5, 0.6) is 11.5 Å². The van der Waals surface area contributed by atoms with Crippen LogP contribution >= 0.6 is 22.6 Å². The Hall–Kier alpha value is -1.28. The monoisotopic (exact) mass is 390 g/mol. The third-order valence-corrected chi connectivity index (χ3v) is 5.64. The molecule has 0 aliphatic heterocycles. The Morgan fingerprint density at radius 3 is 2.37 bits per heavy atom. The third-order valence-electron chi connectivity index (χ3n) is 2.58. The highest BCUT2D eigenvalue weighted by molar-refractivity contribution is 14.1. The normalized spacial score (nSPS) is 11.3. The molecule has 1 N–H and O–H groups in total. The number of phenolic OH excluding ortho intramolecular Hbond substituents is 1. The molecular weight excluding hydrogens is 379 g/mol. The molecule has 0 saturated carbocycles. The van der Waals surface area contributed by atoms with E-state index in [1.807, 2.05) is 22.6 Å². The van der Waals surface area contributed by atoms with Crippen LogP contribution in [-0.4, -0.2) is 20.6 Å². The number of phenols is 1. The van der Waals surface area contributed by atoms with Crippen molar-refractivity contribution in [1.29, 1.82) is 0 Å². The van der Waals surface area contributed by atoms with Crippen molar-refractivity contribution in [3.63, 3.8) is 0 Å². The predicted octanol–water partition coefficient (Wildman–Crippen LogP) is 2.84. The van der Waals surface area contributed by atoms with Crippen molar-refractivity contribution in [2.75, 3.05) is 7.11 Å². The average Bonchev–Trinajstić information content (AvgIpc) is 2.41. The summed E-state index contributed by atoms with van der Waals surface area (Å²) < 4.78 is 30.3. The molecule has 0 amide bonds. The van der Waals surface area contributed by atoms with Crippen LogP contribution in [0.15, 0.2) is 52.3 Å². The lowest BCUT2D eigenvalue weighted by molar-refractivity contribution is 0.372. The Labute approximate surface area is 125 Å². The minimum Gasteiger partial charge on any atom is -0.504 e. The fourth-order valence-electron chi connectivity index (χ4n) is 1.62. The highest BCUT2D eigenvalue weighted by Crippen LogP contribution is 2.34. The molecule has 0 aromatic heterocycles. The molecule has 4 nitrogen and oxygen atoms in total. The van der Waals surface area contributed by atoms with E-state index in [1.54, 1.807) is 18.2 Å². The van der Waals surface area contributed by atoms with Gasteiger partial charge in [0, 0.05) is 9.64 Å². The van der Waals surface area contributed by atoms with Crippen molar-refractivity contribution in [2.24, 2.45) is 0 Å². The van der Waals surface area contributed by atoms with E-state index in [0.717, 1.165) is 0 Å². The molecule has 0 fully saturated rings. The van der Waals surface area contributed by atoms with Crippen LogP contribution < -0.4 is 4.74 Å². The van der Waals surface area contributed by atoms with Crippen LogP contribution in [0.3, 0.4) is 0 Å². The van der Waals surface area contributed by atoms with Gasteiger partial charge in [0.15, 0.2) is 11.5 Å². The molecule has 0 aliphatic carbocycles. The standard InChI is InChI=1S/C13H11IO4S/c1-18-12-7-10(14)13(8-11(12)15)19(16,17)9-5-3-2-4-6-9/h2-8,15H,1H3. The summed E-state index contributed by atoms with van der Waals surface area (Å²) in [7, 11) is -2.23. The van der Waals surface area contributed by atoms with Crippen LogP contribution in [-0.2, 0) is 9.84 Å². The van der Waals surface area contributed by atoms with E-state index >= 15 is 0 Å². The van der Waals surface area contributed by atoms with Crippen LogP contribution in [0.1, 0.15) is 0 Å². The second kappa shape index (κ2) is 5.38. The van der Waals surface area contributed by atoms with Crippen molar-refractivity contribution in [3.8, 4) is 11.5 Å². The molecule has 0 aliphatic rings. The highest BCUT2D eigenvalue weighted by atomic mass is 127. The van der Waals surface area contributed by atoms with Crippen molar-refractivity contribution in [3.05, 3.63) is 46.0 Å². The first kappa shape index (κ1) is 14.1. The number of halogens is 1. The smallest absolute Gasteiger partial charge is 0.207 e. The summed E-state index contributed by atoms with van der Waals surface area (Å²) in [4.78, 5) is 0.259. The zero-order valence-electron chi connectivity index (χ0n) is 10.00. The quantitative estimate of drug-likeness (QED) is 0.819. The molecule has 0 bridgehead atoms. The number of ether oxygens (including phenoxy) is 1. The summed E-state index contributed by atoms with van der Waals surface area (Å²) in [6, 6.07) is 10.8. The molecular formula is C13H11IO4S. The van der Waals surface area contributed by atoms with Gasteiger partial charge in [-0.15, -0.1) is 0 Å². The molecule has 0 spiro atoms. The Morgan fingerprint density at radius 2 is 1.79 bits per heavy atom. The van der Waals surface area contributed by atoms with E-state index in [4.69, 9.17) is 4.74 Å². The second-order valence-electron chi connectivity index (χ2n) is 3.77. The second-order valence-corrected chi connectivity index (χ2v) is 6.85. The molecule has 0 heterocycles. The molecule has 100 valence electrons. The van der Waals surface area contributed by atoms with Gasteiger partial charge in [0.2, 0.25) is 9.84 Å². The minimum atomic E-state index is -3.64. The molecule has 0 saturated heterocycles. The van der Waals surface area contributed by atoms with Gasteiger partial charge in [-0.25, -0.2) is 8.42 Å². The van der Waals surface area contributed by atoms with Crippen molar-refractivity contribution in [2.45, 2.75) is 9.79 Å². The predicted molar refractivity (Wildman–Crippen MR) is 79.3 cm³/mol. The van der Waals surface area contributed by atoms with Crippen LogP contribution in [0.25, 0.3) is 0 Å². The van der Waals surface area contributed by atoms with Gasteiger partial charge >= 0.3 is 0 Å². The summed E-state index contributed by atoms with van der Waals surface area (Å²) in [6.45, 7) is 0. The Kier molecular flexibility index (Phi) is 4.00. The Morgan fingerprint density at radius 1 is 1.16 bits per heavy atom. The largest absolute Gasteiger partial charge is 0.504 e. The van der Waals surface area contributed by atoms with Crippen LogP contribution in [0, 0.1) is 3.57 Å². The molecule has 2 aromatic rings. The van der Waals surface area contributed by atoms with E-state index in [0.29, 0.717) is 3.57 Å². The van der Waals surface area contributed by atoms with Crippen LogP contribution in [0.2, 0.25) is 0 Å². The molecule has 0 unspecified atom stereocenters. The zero-order chi connectivity index (χ0) is 14.0. The average molecular weight is 390 g/mol. The first-order valence-electron chi connectivity index (χ1n) is 5.33. The number of aromatic hydroxyl groups is 1. The first-order valence-corrected chi connectivity index (χ1v) is 7.89. The van der Waals surface area contributed by atoms with Gasteiger partial charge in [-0.05, 0) is 40.8 Å². The molecule has 6 heteroatoms. The summed E-state index contributed by atoms with van der Waals surface area (Å²) in [5, 5.41) is 9.73. The fraction of sp³-hybridized carbons (Fsp3) is 0.0769. The Balaban J connectivity index is 2.63. The topological polar surface area (TPSA) is 63.6 Å². The lowest BCUT2D eigenvalue weighted by Crippen LogP contribution is -2.04. The maximum atomic E-state index is 12.4. The van der Waals surface area contributed by atoms with Gasteiger partial charge < -0.3 is 9.84 Å². The first-order chi connectivity index (χ1) is 8.96. The maximum absolute atomic E-state index is 12.4. The number of rotatable bonds is 3.